The Hall–Kier alpha value is -6.96. The molecule has 9 rings (SSSR count). The highest BCUT2D eigenvalue weighted by Gasteiger charge is 2.19. The third kappa shape index (κ3) is 38.8. The third-order valence-electron chi connectivity index (χ3n) is 16.5. The Bertz CT molecular complexity index is 3290. The molecule has 0 amide bonds. The lowest BCUT2D eigenvalue weighted by molar-refractivity contribution is -0.384. The third-order valence-corrected chi connectivity index (χ3v) is 17.3. The number of aliphatic hydroxyl groups excluding tert-OH is 1. The van der Waals surface area contributed by atoms with Crippen LogP contribution >= 0.6 is 27.5 Å². The average molecular weight is 1460 g/mol. The van der Waals surface area contributed by atoms with E-state index >= 15 is 0 Å². The van der Waals surface area contributed by atoms with Gasteiger partial charge in [0, 0.05) is 21.6 Å². The molecular formula is C94H130BrClFNO3. The largest absolute Gasteiger partial charge is 0.392 e. The van der Waals surface area contributed by atoms with Crippen LogP contribution in [0.1, 0.15) is 259 Å². The molecule has 4 nitrogen and oxygen atoms in total. The zero-order valence-corrected chi connectivity index (χ0v) is 70.3. The van der Waals surface area contributed by atoms with E-state index in [2.05, 4.69) is 375 Å². The number of nitro benzene ring substituents is 1. The topological polar surface area (TPSA) is 63.4 Å². The summed E-state index contributed by atoms with van der Waals surface area (Å²) in [7, 11) is 0. The van der Waals surface area contributed by atoms with Crippen LogP contribution in [0.4, 0.5) is 10.1 Å². The van der Waals surface area contributed by atoms with Gasteiger partial charge in [0.1, 0.15) is 5.82 Å². The van der Waals surface area contributed by atoms with Gasteiger partial charge in [-0.1, -0.05) is 407 Å². The number of aliphatic hydroxyl groups is 1. The number of aryl methyl sites for hydroxylation is 3. The van der Waals surface area contributed by atoms with Gasteiger partial charge in [0.2, 0.25) is 0 Å². The molecule has 0 saturated carbocycles. The van der Waals surface area contributed by atoms with Crippen LogP contribution in [-0.4, -0.2) is 10.0 Å². The summed E-state index contributed by atoms with van der Waals surface area (Å²) in [4.78, 5) is 9.98. The van der Waals surface area contributed by atoms with Crippen molar-refractivity contribution in [2.24, 2.45) is 0 Å². The van der Waals surface area contributed by atoms with Crippen molar-refractivity contribution in [3.8, 4) is 0 Å². The lowest BCUT2D eigenvalue weighted by atomic mass is 9.87. The first kappa shape index (κ1) is 92.1. The second kappa shape index (κ2) is 40.8. The summed E-state index contributed by atoms with van der Waals surface area (Å²) in [6.07, 6.45) is 0. The van der Waals surface area contributed by atoms with E-state index in [1.54, 1.807) is 24.3 Å². The number of benzene rings is 9. The van der Waals surface area contributed by atoms with E-state index < -0.39 is 0 Å². The van der Waals surface area contributed by atoms with Gasteiger partial charge in [0.25, 0.3) is 5.69 Å². The number of halogens is 3. The van der Waals surface area contributed by atoms with Gasteiger partial charge in [-0.25, -0.2) is 4.39 Å². The SMILES string of the molecule is CC(C)(C)c1ccc(Br)cc1.CC(C)(C)c1ccc(CO)cc1.CC(C)(C)c1ccc(Cl)cc1.CC(C)(C)c1ccc(F)cc1.CC(C)(C)c1ccc([N+](=O)[O-])cc1.CC(C)(C)c1ccccc1.Cc1ccc(C(C)(C)C)cc1.Cc1ccc(C(C)(C)C)cc1.Cc1ccc(C(C)(C)C)cc1. The number of non-ortho nitro benzene ring substituents is 1. The molecule has 9 aromatic carbocycles. The van der Waals surface area contributed by atoms with Gasteiger partial charge in [0.05, 0.1) is 11.5 Å². The first-order chi connectivity index (χ1) is 46.0. The van der Waals surface area contributed by atoms with Crippen molar-refractivity contribution >= 4 is 33.2 Å². The Labute approximate surface area is 628 Å². The highest BCUT2D eigenvalue weighted by molar-refractivity contribution is 9.10. The maximum atomic E-state index is 12.5. The molecule has 0 aromatic heterocycles. The Morgan fingerprint density at radius 2 is 0.515 bits per heavy atom. The monoisotopic (exact) mass is 1450 g/mol. The molecule has 0 aliphatic rings. The second-order valence-corrected chi connectivity index (χ2v) is 36.7. The van der Waals surface area contributed by atoms with Gasteiger partial charge in [0.15, 0.2) is 0 Å². The molecule has 0 spiro atoms. The van der Waals surface area contributed by atoms with Crippen LogP contribution in [0, 0.1) is 36.7 Å². The first-order valence-electron chi connectivity index (χ1n) is 35.6. The fourth-order valence-corrected chi connectivity index (χ4v) is 9.53. The van der Waals surface area contributed by atoms with E-state index in [0.717, 1.165) is 20.6 Å². The summed E-state index contributed by atoms with van der Waals surface area (Å²) in [5, 5.41) is 20.0. The first-order valence-corrected chi connectivity index (χ1v) is 36.7. The Kier molecular flexibility index (Phi) is 37.2. The summed E-state index contributed by atoms with van der Waals surface area (Å²) in [5.41, 5.74) is 19.0. The zero-order valence-electron chi connectivity index (χ0n) is 67.9. The molecular weight excluding hydrogens is 1330 g/mol. The number of rotatable bonds is 2. The van der Waals surface area contributed by atoms with Gasteiger partial charge >= 0.3 is 0 Å². The molecule has 101 heavy (non-hydrogen) atoms. The molecule has 0 heterocycles. The number of nitrogens with zero attached hydrogens (tertiary/aromatic N) is 1. The normalized spacial score (nSPS) is 11.6. The Balaban J connectivity index is 0.000000569. The number of nitro groups is 1. The average Bonchev–Trinajstić information content (AvgIpc) is 0.891. The van der Waals surface area contributed by atoms with E-state index in [9.17, 15) is 14.5 Å². The Morgan fingerprint density at radius 1 is 0.317 bits per heavy atom. The summed E-state index contributed by atoms with van der Waals surface area (Å²) in [5.74, 6) is -0.169. The van der Waals surface area contributed by atoms with Crippen molar-refractivity contribution in [2.45, 2.75) is 263 Å². The molecule has 7 heteroatoms. The molecule has 0 atom stereocenters. The van der Waals surface area contributed by atoms with Crippen LogP contribution in [0.25, 0.3) is 0 Å². The molecule has 0 unspecified atom stereocenters. The molecule has 0 saturated heterocycles. The summed E-state index contributed by atoms with van der Waals surface area (Å²) < 4.78 is 13.6. The van der Waals surface area contributed by atoms with Crippen molar-refractivity contribution in [3.63, 3.8) is 0 Å². The molecule has 0 aliphatic heterocycles. The minimum Gasteiger partial charge on any atom is -0.392 e. The van der Waals surface area contributed by atoms with Gasteiger partial charge in [-0.05, 0) is 162 Å². The smallest absolute Gasteiger partial charge is 0.269 e. The van der Waals surface area contributed by atoms with Crippen molar-refractivity contribution in [2.75, 3.05) is 0 Å². The van der Waals surface area contributed by atoms with Crippen LogP contribution in [0.5, 0.6) is 0 Å². The van der Waals surface area contributed by atoms with E-state index in [4.69, 9.17) is 16.7 Å². The van der Waals surface area contributed by atoms with Gasteiger partial charge in [-0.15, -0.1) is 0 Å². The van der Waals surface area contributed by atoms with E-state index in [0.29, 0.717) is 5.41 Å². The lowest BCUT2D eigenvalue weighted by Gasteiger charge is -2.18. The van der Waals surface area contributed by atoms with Crippen LogP contribution in [0.15, 0.2) is 229 Å². The van der Waals surface area contributed by atoms with Crippen LogP contribution < -0.4 is 0 Å². The van der Waals surface area contributed by atoms with E-state index in [1.807, 2.05) is 36.4 Å². The van der Waals surface area contributed by atoms with Gasteiger partial charge < -0.3 is 5.11 Å². The Morgan fingerprint density at radius 3 is 0.733 bits per heavy atom. The van der Waals surface area contributed by atoms with Crippen LogP contribution in [-0.2, 0) is 55.3 Å². The summed E-state index contributed by atoms with van der Waals surface area (Å²) >= 11 is 9.17. The molecule has 550 valence electrons. The summed E-state index contributed by atoms with van der Waals surface area (Å²) in [6.45, 7) is 65.6. The number of hydrogen-bond acceptors (Lipinski definition) is 3. The maximum absolute atomic E-state index is 12.5. The van der Waals surface area contributed by atoms with Crippen molar-refractivity contribution in [3.05, 3.63) is 322 Å². The molecule has 0 bridgehead atoms. The predicted molar refractivity (Wildman–Crippen MR) is 446 cm³/mol. The predicted octanol–water partition coefficient (Wildman–Crippen LogP) is 28.7. The standard InChI is InChI=1S/C11H16O.3C11H16.C10H13Br.C10H13Cl.C10H13F.C10H13NO2.C10H14/c1-11(2,3)10-6-4-9(8-12)5-7-10;3*1-9-5-7-10(8-6-9)11(2,3)4;3*1-10(2,3)8-4-6-9(11)7-5-8;1-10(2,3)8-4-6-9(7-5-8)11(12)13;1-10(2,3)9-7-5-4-6-8-9/h4-7,12H,8H2,1-3H3;3*5-8H,1-4H3;3*4-7H,1-3H3;4-7H,1-3H3;4-8H,1-3H3. The highest BCUT2D eigenvalue weighted by Crippen LogP contribution is 2.29. The summed E-state index contributed by atoms with van der Waals surface area (Å²) in [6, 6.07) is 74.7. The van der Waals surface area contributed by atoms with E-state index in [1.165, 1.54) is 73.3 Å². The van der Waals surface area contributed by atoms with Gasteiger partial charge in [-0.3, -0.25) is 10.1 Å². The zero-order chi connectivity index (χ0) is 77.8. The number of hydrogen-bond donors (Lipinski definition) is 1. The maximum Gasteiger partial charge on any atom is 0.269 e. The van der Waals surface area contributed by atoms with Crippen LogP contribution in [0.2, 0.25) is 5.02 Å². The molecule has 0 aliphatic carbocycles. The molecule has 1 N–H and O–H groups in total. The van der Waals surface area contributed by atoms with Crippen molar-refractivity contribution in [1.82, 2.24) is 0 Å². The second-order valence-electron chi connectivity index (χ2n) is 35.4. The molecule has 9 aromatic rings. The van der Waals surface area contributed by atoms with Crippen molar-refractivity contribution in [1.29, 1.82) is 0 Å². The fraction of sp³-hybridized carbons (Fsp3) is 0.426. The lowest BCUT2D eigenvalue weighted by Crippen LogP contribution is -2.10. The minimum atomic E-state index is -0.383. The minimum absolute atomic E-state index is 0.0507. The van der Waals surface area contributed by atoms with Crippen LogP contribution in [0.3, 0.4) is 0 Å². The fourth-order valence-electron chi connectivity index (χ4n) is 9.14. The van der Waals surface area contributed by atoms with Crippen molar-refractivity contribution < 1.29 is 14.4 Å². The quantitative estimate of drug-likeness (QED) is 0.139. The van der Waals surface area contributed by atoms with Gasteiger partial charge in [-0.2, -0.15) is 0 Å². The van der Waals surface area contributed by atoms with E-state index in [-0.39, 0.29) is 66.4 Å². The molecule has 0 fully saturated rings. The molecule has 0 radical (unpaired) electrons. The highest BCUT2D eigenvalue weighted by atomic mass is 79.9.